The van der Waals surface area contributed by atoms with E-state index >= 15 is 0 Å². The molecule has 1 fully saturated rings. The Labute approximate surface area is 162 Å². The minimum atomic E-state index is -3.22. The molecule has 1 amide bonds. The number of benzene rings is 1. The standard InChI is InChI=1S/C16H23IN2O5S/c1-23-14-7-12(13(17)8-15(14)24-2)16(20)19-6-4-5-11(10-19)9-18-25(3,21)22/h7-8,11,18H,4-6,9-10H2,1-3H3. The molecule has 1 N–H and O–H groups in total. The highest BCUT2D eigenvalue weighted by molar-refractivity contribution is 14.1. The Morgan fingerprint density at radius 1 is 1.32 bits per heavy atom. The van der Waals surface area contributed by atoms with Crippen molar-refractivity contribution in [3.63, 3.8) is 0 Å². The SMILES string of the molecule is COc1cc(I)c(C(=O)N2CCCC(CNS(C)(=O)=O)C2)cc1OC. The third kappa shape index (κ3) is 5.45. The summed E-state index contributed by atoms with van der Waals surface area (Å²) in [6, 6.07) is 3.47. The predicted octanol–water partition coefficient (Wildman–Crippen LogP) is 1.71. The van der Waals surface area contributed by atoms with Gasteiger partial charge in [-0.25, -0.2) is 13.1 Å². The fourth-order valence-electron chi connectivity index (χ4n) is 2.87. The van der Waals surface area contributed by atoms with Crippen LogP contribution in [0.2, 0.25) is 0 Å². The maximum absolute atomic E-state index is 12.9. The van der Waals surface area contributed by atoms with E-state index in [1.54, 1.807) is 24.1 Å². The molecule has 140 valence electrons. The monoisotopic (exact) mass is 482 g/mol. The summed E-state index contributed by atoms with van der Waals surface area (Å²) in [5, 5.41) is 0. The van der Waals surface area contributed by atoms with Gasteiger partial charge in [0.05, 0.1) is 26.0 Å². The predicted molar refractivity (Wildman–Crippen MR) is 104 cm³/mol. The largest absolute Gasteiger partial charge is 0.493 e. The van der Waals surface area contributed by atoms with Crippen molar-refractivity contribution in [3.8, 4) is 11.5 Å². The highest BCUT2D eigenvalue weighted by Crippen LogP contribution is 2.32. The van der Waals surface area contributed by atoms with Gasteiger partial charge in [-0.05, 0) is 53.5 Å². The van der Waals surface area contributed by atoms with Crippen LogP contribution in [-0.4, -0.2) is 59.3 Å². The van der Waals surface area contributed by atoms with Crippen LogP contribution >= 0.6 is 22.6 Å². The zero-order chi connectivity index (χ0) is 18.6. The third-order valence-corrected chi connectivity index (χ3v) is 5.73. The van der Waals surface area contributed by atoms with Gasteiger partial charge in [-0.2, -0.15) is 0 Å². The van der Waals surface area contributed by atoms with Crippen molar-refractivity contribution >= 4 is 38.5 Å². The molecule has 0 saturated carbocycles. The lowest BCUT2D eigenvalue weighted by Crippen LogP contribution is -2.43. The molecule has 1 aliphatic heterocycles. The number of rotatable bonds is 6. The van der Waals surface area contributed by atoms with E-state index in [4.69, 9.17) is 9.47 Å². The minimum Gasteiger partial charge on any atom is -0.493 e. The molecule has 1 atom stereocenters. The van der Waals surface area contributed by atoms with Gasteiger partial charge in [0.25, 0.3) is 5.91 Å². The van der Waals surface area contributed by atoms with Gasteiger partial charge in [0.15, 0.2) is 11.5 Å². The van der Waals surface area contributed by atoms with Crippen molar-refractivity contribution in [2.24, 2.45) is 5.92 Å². The third-order valence-electron chi connectivity index (χ3n) is 4.14. The zero-order valence-corrected chi connectivity index (χ0v) is 17.5. The maximum Gasteiger partial charge on any atom is 0.255 e. The lowest BCUT2D eigenvalue weighted by Gasteiger charge is -2.33. The van der Waals surface area contributed by atoms with Gasteiger partial charge in [0.1, 0.15) is 0 Å². The molecule has 0 aromatic heterocycles. The Bertz CT molecular complexity index is 738. The van der Waals surface area contributed by atoms with Crippen molar-refractivity contribution in [1.29, 1.82) is 0 Å². The summed E-state index contributed by atoms with van der Waals surface area (Å²) in [5.41, 5.74) is 0.565. The molecule has 0 radical (unpaired) electrons. The number of amides is 1. The van der Waals surface area contributed by atoms with E-state index in [0.29, 0.717) is 36.7 Å². The molecular weight excluding hydrogens is 459 g/mol. The number of hydrogen-bond donors (Lipinski definition) is 1. The minimum absolute atomic E-state index is 0.0746. The van der Waals surface area contributed by atoms with Crippen molar-refractivity contribution in [2.75, 3.05) is 40.1 Å². The van der Waals surface area contributed by atoms with E-state index in [0.717, 1.165) is 22.7 Å². The molecule has 0 spiro atoms. The number of ether oxygens (including phenoxy) is 2. The first-order valence-electron chi connectivity index (χ1n) is 7.90. The van der Waals surface area contributed by atoms with Crippen LogP contribution in [0, 0.1) is 9.49 Å². The van der Waals surface area contributed by atoms with Crippen LogP contribution in [-0.2, 0) is 10.0 Å². The second-order valence-electron chi connectivity index (χ2n) is 6.07. The quantitative estimate of drug-likeness (QED) is 0.625. The fourth-order valence-corrected chi connectivity index (χ4v) is 4.08. The van der Waals surface area contributed by atoms with Crippen LogP contribution in [0.4, 0.5) is 0 Å². The number of hydrogen-bond acceptors (Lipinski definition) is 5. The number of methoxy groups -OCH3 is 2. The maximum atomic E-state index is 12.9. The van der Waals surface area contributed by atoms with E-state index in [-0.39, 0.29) is 11.8 Å². The topological polar surface area (TPSA) is 84.9 Å². The van der Waals surface area contributed by atoms with E-state index in [2.05, 4.69) is 27.3 Å². The molecule has 1 saturated heterocycles. The summed E-state index contributed by atoms with van der Waals surface area (Å²) >= 11 is 2.11. The average Bonchev–Trinajstić information content (AvgIpc) is 2.58. The van der Waals surface area contributed by atoms with E-state index < -0.39 is 10.0 Å². The highest BCUT2D eigenvalue weighted by atomic mass is 127. The lowest BCUT2D eigenvalue weighted by atomic mass is 9.97. The smallest absolute Gasteiger partial charge is 0.255 e. The Morgan fingerprint density at radius 2 is 1.96 bits per heavy atom. The second-order valence-corrected chi connectivity index (χ2v) is 9.06. The molecule has 9 heteroatoms. The second kappa shape index (κ2) is 8.54. The number of piperidine rings is 1. The first-order chi connectivity index (χ1) is 11.7. The Balaban J connectivity index is 2.14. The summed E-state index contributed by atoms with van der Waals surface area (Å²) in [6.45, 7) is 1.55. The zero-order valence-electron chi connectivity index (χ0n) is 14.5. The van der Waals surface area contributed by atoms with E-state index in [1.807, 2.05) is 0 Å². The lowest BCUT2D eigenvalue weighted by molar-refractivity contribution is 0.0675. The number of sulfonamides is 1. The van der Waals surface area contributed by atoms with Crippen LogP contribution in [0.1, 0.15) is 23.2 Å². The number of halogens is 1. The Kier molecular flexibility index (Phi) is 6.92. The summed E-state index contributed by atoms with van der Waals surface area (Å²) in [5.74, 6) is 1.13. The molecule has 0 aliphatic carbocycles. The van der Waals surface area contributed by atoms with Gasteiger partial charge in [0, 0.05) is 23.2 Å². The first-order valence-corrected chi connectivity index (χ1v) is 10.9. The molecule has 1 aromatic carbocycles. The van der Waals surface area contributed by atoms with Crippen LogP contribution in [0.3, 0.4) is 0 Å². The van der Waals surface area contributed by atoms with Crippen LogP contribution in [0.25, 0.3) is 0 Å². The van der Waals surface area contributed by atoms with Crippen molar-refractivity contribution in [2.45, 2.75) is 12.8 Å². The molecule has 25 heavy (non-hydrogen) atoms. The molecule has 1 aromatic rings. The van der Waals surface area contributed by atoms with Crippen LogP contribution in [0.5, 0.6) is 11.5 Å². The van der Waals surface area contributed by atoms with Gasteiger partial charge in [0.2, 0.25) is 10.0 Å². The van der Waals surface area contributed by atoms with Gasteiger partial charge in [-0.15, -0.1) is 0 Å². The molecule has 0 bridgehead atoms. The van der Waals surface area contributed by atoms with Crippen molar-refractivity contribution < 1.29 is 22.7 Å². The normalized spacial score (nSPS) is 18.1. The molecule has 1 aliphatic rings. The van der Waals surface area contributed by atoms with Gasteiger partial charge in [-0.1, -0.05) is 0 Å². The number of nitrogens with zero attached hydrogens (tertiary/aromatic N) is 1. The average molecular weight is 482 g/mol. The molecule has 2 rings (SSSR count). The molecule has 7 nitrogen and oxygen atoms in total. The molecular formula is C16H23IN2O5S. The van der Waals surface area contributed by atoms with Crippen LogP contribution in [0.15, 0.2) is 12.1 Å². The van der Waals surface area contributed by atoms with Gasteiger partial charge >= 0.3 is 0 Å². The summed E-state index contributed by atoms with van der Waals surface area (Å²) in [7, 11) is -0.132. The summed E-state index contributed by atoms with van der Waals surface area (Å²) in [4.78, 5) is 14.7. The molecule has 1 unspecified atom stereocenters. The first kappa shape index (κ1) is 20.2. The Hall–Kier alpha value is -1.07. The number of carbonyl (C=O) groups is 1. The summed E-state index contributed by atoms with van der Waals surface area (Å²) < 4.78 is 36.4. The number of nitrogens with one attached hydrogen (secondary N) is 1. The summed E-state index contributed by atoms with van der Waals surface area (Å²) in [6.07, 6.45) is 2.89. The van der Waals surface area contributed by atoms with Gasteiger partial charge < -0.3 is 14.4 Å². The number of carbonyl (C=O) groups excluding carboxylic acids is 1. The van der Waals surface area contributed by atoms with Crippen molar-refractivity contribution in [1.82, 2.24) is 9.62 Å². The van der Waals surface area contributed by atoms with Crippen molar-refractivity contribution in [3.05, 3.63) is 21.3 Å². The highest BCUT2D eigenvalue weighted by Gasteiger charge is 2.27. The molecule has 1 heterocycles. The van der Waals surface area contributed by atoms with E-state index in [9.17, 15) is 13.2 Å². The van der Waals surface area contributed by atoms with E-state index in [1.165, 1.54) is 7.11 Å². The van der Waals surface area contributed by atoms with Gasteiger partial charge in [-0.3, -0.25) is 4.79 Å². The van der Waals surface area contributed by atoms with Crippen LogP contribution < -0.4 is 14.2 Å². The Morgan fingerprint density at radius 3 is 2.56 bits per heavy atom. The number of likely N-dealkylation sites (tertiary alicyclic amines) is 1. The fraction of sp³-hybridized carbons (Fsp3) is 0.562.